The van der Waals surface area contributed by atoms with E-state index in [1.165, 1.54) is 12.1 Å². The molecule has 7 heteroatoms. The van der Waals surface area contributed by atoms with Crippen LogP contribution in [-0.2, 0) is 0 Å². The van der Waals surface area contributed by atoms with Crippen LogP contribution < -0.4 is 5.32 Å². The van der Waals surface area contributed by atoms with Crippen molar-refractivity contribution in [1.29, 1.82) is 0 Å². The highest BCUT2D eigenvalue weighted by Gasteiger charge is 2.21. The summed E-state index contributed by atoms with van der Waals surface area (Å²) in [6.45, 7) is 4.13. The third-order valence-electron chi connectivity index (χ3n) is 2.56. The average molecular weight is 268 g/mol. The normalized spacial score (nSPS) is 14.2. The van der Waals surface area contributed by atoms with E-state index in [2.05, 4.69) is 10.3 Å². The summed E-state index contributed by atoms with van der Waals surface area (Å²) in [5.41, 5.74) is -0.561. The summed E-state index contributed by atoms with van der Waals surface area (Å²) < 4.78 is 0. The van der Waals surface area contributed by atoms with E-state index in [1.54, 1.807) is 13.8 Å². The number of pyridine rings is 1. The van der Waals surface area contributed by atoms with Crippen molar-refractivity contribution in [3.8, 4) is 0 Å². The summed E-state index contributed by atoms with van der Waals surface area (Å²) in [7, 11) is 3.76. The molecule has 1 aromatic rings. The number of aryl methyl sites for hydroxylation is 1. The standard InChI is InChI=1S/C12H20N4O3/c1-9-10(16(18)19)5-6-11(14-9)13-7-12(2,17)8-15(3)4/h5-6,17H,7-8H2,1-4H3,(H,13,14). The topological polar surface area (TPSA) is 91.5 Å². The molecule has 0 radical (unpaired) electrons. The first kappa shape index (κ1) is 15.3. The highest BCUT2D eigenvalue weighted by molar-refractivity contribution is 5.44. The van der Waals surface area contributed by atoms with E-state index in [9.17, 15) is 15.2 Å². The Kier molecular flexibility index (Phi) is 4.79. The number of nitrogens with zero attached hydrogens (tertiary/aromatic N) is 3. The summed E-state index contributed by atoms with van der Waals surface area (Å²) in [5.74, 6) is 0.516. The van der Waals surface area contributed by atoms with Crippen molar-refractivity contribution < 1.29 is 10.0 Å². The Morgan fingerprint density at radius 2 is 2.16 bits per heavy atom. The summed E-state index contributed by atoms with van der Waals surface area (Å²) in [6, 6.07) is 2.95. The lowest BCUT2D eigenvalue weighted by Gasteiger charge is -2.27. The van der Waals surface area contributed by atoms with Gasteiger partial charge in [0.15, 0.2) is 0 Å². The molecule has 0 aliphatic heterocycles. The molecule has 0 fully saturated rings. The van der Waals surface area contributed by atoms with Crippen molar-refractivity contribution in [1.82, 2.24) is 9.88 Å². The number of likely N-dealkylation sites (N-methyl/N-ethyl adjacent to an activating group) is 1. The minimum Gasteiger partial charge on any atom is -0.387 e. The van der Waals surface area contributed by atoms with Crippen molar-refractivity contribution in [3.63, 3.8) is 0 Å². The van der Waals surface area contributed by atoms with Crippen LogP contribution >= 0.6 is 0 Å². The third kappa shape index (κ3) is 4.80. The molecule has 19 heavy (non-hydrogen) atoms. The molecule has 0 spiro atoms. The van der Waals surface area contributed by atoms with Gasteiger partial charge in [0, 0.05) is 19.2 Å². The first-order valence-electron chi connectivity index (χ1n) is 5.94. The molecule has 106 valence electrons. The smallest absolute Gasteiger partial charge is 0.290 e. The second-order valence-corrected chi connectivity index (χ2v) is 5.15. The molecule has 1 aromatic heterocycles. The van der Waals surface area contributed by atoms with Gasteiger partial charge in [0.2, 0.25) is 0 Å². The first-order chi connectivity index (χ1) is 8.71. The van der Waals surface area contributed by atoms with Crippen LogP contribution in [0.15, 0.2) is 12.1 Å². The molecule has 2 N–H and O–H groups in total. The summed E-state index contributed by atoms with van der Waals surface area (Å²) in [5, 5.41) is 23.8. The summed E-state index contributed by atoms with van der Waals surface area (Å²) in [6.07, 6.45) is 0. The molecule has 0 aromatic carbocycles. The number of aromatic nitrogens is 1. The Bertz CT molecular complexity index is 460. The van der Waals surface area contributed by atoms with E-state index < -0.39 is 10.5 Å². The maximum absolute atomic E-state index is 10.7. The van der Waals surface area contributed by atoms with E-state index >= 15 is 0 Å². The van der Waals surface area contributed by atoms with E-state index in [1.807, 2.05) is 19.0 Å². The molecule has 0 saturated carbocycles. The van der Waals surface area contributed by atoms with Crippen LogP contribution in [0, 0.1) is 17.0 Å². The second kappa shape index (κ2) is 5.94. The van der Waals surface area contributed by atoms with E-state index in [-0.39, 0.29) is 5.69 Å². The Morgan fingerprint density at radius 3 is 2.63 bits per heavy atom. The zero-order chi connectivity index (χ0) is 14.6. The zero-order valence-corrected chi connectivity index (χ0v) is 11.7. The fourth-order valence-corrected chi connectivity index (χ4v) is 1.86. The molecule has 1 unspecified atom stereocenters. The highest BCUT2D eigenvalue weighted by atomic mass is 16.6. The van der Waals surface area contributed by atoms with Crippen LogP contribution in [0.5, 0.6) is 0 Å². The number of nitro groups is 1. The molecular weight excluding hydrogens is 248 g/mol. The number of aliphatic hydroxyl groups is 1. The second-order valence-electron chi connectivity index (χ2n) is 5.15. The maximum atomic E-state index is 10.7. The molecule has 0 saturated heterocycles. The number of hydrogen-bond acceptors (Lipinski definition) is 6. The van der Waals surface area contributed by atoms with Gasteiger partial charge in [0.05, 0.1) is 10.5 Å². The van der Waals surface area contributed by atoms with Gasteiger partial charge in [0.25, 0.3) is 5.69 Å². The number of rotatable bonds is 6. The highest BCUT2D eigenvalue weighted by Crippen LogP contribution is 2.18. The van der Waals surface area contributed by atoms with Crippen molar-refractivity contribution in [3.05, 3.63) is 27.9 Å². The van der Waals surface area contributed by atoms with Gasteiger partial charge in [-0.1, -0.05) is 0 Å². The zero-order valence-electron chi connectivity index (χ0n) is 11.7. The Morgan fingerprint density at radius 1 is 1.53 bits per heavy atom. The van der Waals surface area contributed by atoms with E-state index in [0.29, 0.717) is 24.6 Å². The number of hydrogen-bond donors (Lipinski definition) is 2. The van der Waals surface area contributed by atoms with Gasteiger partial charge in [0.1, 0.15) is 11.5 Å². The average Bonchev–Trinajstić information content (AvgIpc) is 2.24. The molecular formula is C12H20N4O3. The van der Waals surface area contributed by atoms with Crippen LogP contribution in [-0.4, -0.2) is 52.7 Å². The van der Waals surface area contributed by atoms with Gasteiger partial charge in [-0.3, -0.25) is 10.1 Å². The molecule has 1 rings (SSSR count). The van der Waals surface area contributed by atoms with Crippen LogP contribution in [0.4, 0.5) is 11.5 Å². The van der Waals surface area contributed by atoms with Crippen molar-refractivity contribution in [2.45, 2.75) is 19.4 Å². The Balaban J connectivity index is 2.69. The van der Waals surface area contributed by atoms with E-state index in [4.69, 9.17) is 0 Å². The Hall–Kier alpha value is -1.73. The lowest BCUT2D eigenvalue weighted by molar-refractivity contribution is -0.385. The monoisotopic (exact) mass is 268 g/mol. The van der Waals surface area contributed by atoms with Gasteiger partial charge >= 0.3 is 0 Å². The van der Waals surface area contributed by atoms with Crippen molar-refractivity contribution in [2.75, 3.05) is 32.5 Å². The molecule has 0 aliphatic carbocycles. The predicted octanol–water partition coefficient (Wildman–Crippen LogP) is 1.02. The summed E-state index contributed by atoms with van der Waals surface area (Å²) >= 11 is 0. The van der Waals surface area contributed by atoms with Gasteiger partial charge in [-0.15, -0.1) is 0 Å². The lowest BCUT2D eigenvalue weighted by Crippen LogP contribution is -2.43. The van der Waals surface area contributed by atoms with Crippen LogP contribution in [0.1, 0.15) is 12.6 Å². The largest absolute Gasteiger partial charge is 0.387 e. The Labute approximate surface area is 112 Å². The molecule has 0 bridgehead atoms. The quantitative estimate of drug-likeness (QED) is 0.591. The maximum Gasteiger partial charge on any atom is 0.290 e. The van der Waals surface area contributed by atoms with Crippen LogP contribution in [0.25, 0.3) is 0 Å². The fourth-order valence-electron chi connectivity index (χ4n) is 1.86. The van der Waals surface area contributed by atoms with Gasteiger partial charge in [-0.05, 0) is 34.0 Å². The van der Waals surface area contributed by atoms with Crippen molar-refractivity contribution in [2.24, 2.45) is 0 Å². The summed E-state index contributed by atoms with van der Waals surface area (Å²) in [4.78, 5) is 16.2. The lowest BCUT2D eigenvalue weighted by atomic mass is 10.1. The molecule has 0 amide bonds. The van der Waals surface area contributed by atoms with Crippen LogP contribution in [0.3, 0.4) is 0 Å². The predicted molar refractivity (Wildman–Crippen MR) is 73.3 cm³/mol. The van der Waals surface area contributed by atoms with E-state index in [0.717, 1.165) is 0 Å². The first-order valence-corrected chi connectivity index (χ1v) is 5.94. The van der Waals surface area contributed by atoms with Gasteiger partial charge in [-0.2, -0.15) is 0 Å². The van der Waals surface area contributed by atoms with Crippen LogP contribution in [0.2, 0.25) is 0 Å². The number of anilines is 1. The van der Waals surface area contributed by atoms with Gasteiger partial charge < -0.3 is 15.3 Å². The molecule has 1 heterocycles. The fraction of sp³-hybridized carbons (Fsp3) is 0.583. The SMILES string of the molecule is Cc1nc(NCC(C)(O)CN(C)C)ccc1[N+](=O)[O-]. The molecule has 0 aliphatic rings. The minimum absolute atomic E-state index is 0.00870. The number of nitrogens with one attached hydrogen (secondary N) is 1. The molecule has 7 nitrogen and oxygen atoms in total. The van der Waals surface area contributed by atoms with Gasteiger partial charge in [-0.25, -0.2) is 4.98 Å². The van der Waals surface area contributed by atoms with Crippen molar-refractivity contribution >= 4 is 11.5 Å². The minimum atomic E-state index is -0.902. The third-order valence-corrected chi connectivity index (χ3v) is 2.56. The molecule has 1 atom stereocenters.